The van der Waals surface area contributed by atoms with Crippen LogP contribution in [0.3, 0.4) is 0 Å². The lowest BCUT2D eigenvalue weighted by Gasteiger charge is -2.05. The third kappa shape index (κ3) is 3.80. The topological polar surface area (TPSA) is 73.5 Å². The number of hydrogen-bond donors (Lipinski definition) is 1. The lowest BCUT2D eigenvalue weighted by atomic mass is 10.4. The number of likely N-dealkylation sites (N-methyl/N-ethyl adjacent to an activating group) is 1. The van der Waals surface area contributed by atoms with Gasteiger partial charge in [-0.05, 0) is 36.9 Å². The SMILES string of the molecule is CCNCCn1nnnc1SCc1cc(C)nn1CC. The van der Waals surface area contributed by atoms with Crippen molar-refractivity contribution in [1.82, 2.24) is 35.3 Å². The summed E-state index contributed by atoms with van der Waals surface area (Å²) in [6.45, 7) is 9.70. The number of nitrogens with zero attached hydrogens (tertiary/aromatic N) is 6. The predicted molar refractivity (Wildman–Crippen MR) is 78.6 cm³/mol. The molecule has 8 heteroatoms. The molecule has 2 aromatic heterocycles. The van der Waals surface area contributed by atoms with Gasteiger partial charge in [-0.15, -0.1) is 5.10 Å². The fourth-order valence-corrected chi connectivity index (χ4v) is 2.81. The maximum absolute atomic E-state index is 4.45. The van der Waals surface area contributed by atoms with E-state index in [-0.39, 0.29) is 0 Å². The van der Waals surface area contributed by atoms with E-state index in [0.29, 0.717) is 0 Å². The van der Waals surface area contributed by atoms with E-state index in [2.05, 4.69) is 45.9 Å². The molecule has 2 aromatic rings. The molecule has 0 unspecified atom stereocenters. The monoisotopic (exact) mass is 295 g/mol. The van der Waals surface area contributed by atoms with E-state index >= 15 is 0 Å². The molecule has 0 saturated carbocycles. The zero-order chi connectivity index (χ0) is 14.4. The number of aromatic nitrogens is 6. The highest BCUT2D eigenvalue weighted by molar-refractivity contribution is 7.98. The van der Waals surface area contributed by atoms with E-state index in [9.17, 15) is 0 Å². The van der Waals surface area contributed by atoms with Crippen LogP contribution in [0.5, 0.6) is 0 Å². The Labute approximate surface area is 123 Å². The van der Waals surface area contributed by atoms with Crippen LogP contribution >= 0.6 is 11.8 Å². The second kappa shape index (κ2) is 7.39. The average molecular weight is 295 g/mol. The van der Waals surface area contributed by atoms with Gasteiger partial charge in [0.1, 0.15) is 0 Å². The van der Waals surface area contributed by atoms with Gasteiger partial charge in [-0.1, -0.05) is 18.7 Å². The van der Waals surface area contributed by atoms with Crippen LogP contribution in [0.4, 0.5) is 0 Å². The van der Waals surface area contributed by atoms with Gasteiger partial charge < -0.3 is 5.32 Å². The van der Waals surface area contributed by atoms with Crippen LogP contribution in [0.2, 0.25) is 0 Å². The van der Waals surface area contributed by atoms with Crippen molar-refractivity contribution in [1.29, 1.82) is 0 Å². The van der Waals surface area contributed by atoms with Gasteiger partial charge in [0.05, 0.1) is 12.2 Å². The van der Waals surface area contributed by atoms with Crippen molar-refractivity contribution in [2.45, 2.75) is 44.8 Å². The Balaban J connectivity index is 1.95. The van der Waals surface area contributed by atoms with Crippen LogP contribution < -0.4 is 5.32 Å². The van der Waals surface area contributed by atoms with E-state index in [4.69, 9.17) is 0 Å². The minimum atomic E-state index is 0.787. The maximum atomic E-state index is 4.45. The second-order valence-corrected chi connectivity index (χ2v) is 5.36. The standard InChI is InChI=1S/C12H21N7S/c1-4-13-6-7-19-12(14-16-17-19)20-9-11-8-10(3)15-18(11)5-2/h8,13H,4-7,9H2,1-3H3. The van der Waals surface area contributed by atoms with Crippen molar-refractivity contribution in [2.75, 3.05) is 13.1 Å². The molecule has 0 aliphatic carbocycles. The van der Waals surface area contributed by atoms with Crippen molar-refractivity contribution < 1.29 is 0 Å². The quantitative estimate of drug-likeness (QED) is 0.581. The molecule has 0 aliphatic rings. The van der Waals surface area contributed by atoms with Gasteiger partial charge in [0.15, 0.2) is 0 Å². The molecule has 0 radical (unpaired) electrons. The number of rotatable bonds is 8. The molecule has 20 heavy (non-hydrogen) atoms. The highest BCUT2D eigenvalue weighted by Gasteiger charge is 2.09. The van der Waals surface area contributed by atoms with Crippen molar-refractivity contribution >= 4 is 11.8 Å². The summed E-state index contributed by atoms with van der Waals surface area (Å²) in [4.78, 5) is 0. The molecular weight excluding hydrogens is 274 g/mol. The van der Waals surface area contributed by atoms with E-state index in [1.54, 1.807) is 11.8 Å². The molecule has 0 saturated heterocycles. The number of hydrogen-bond acceptors (Lipinski definition) is 6. The van der Waals surface area contributed by atoms with Gasteiger partial charge in [-0.3, -0.25) is 4.68 Å². The Morgan fingerprint density at radius 2 is 2.15 bits per heavy atom. The Morgan fingerprint density at radius 3 is 2.90 bits per heavy atom. The maximum Gasteiger partial charge on any atom is 0.209 e. The summed E-state index contributed by atoms with van der Waals surface area (Å²) in [6.07, 6.45) is 0. The third-order valence-corrected chi connectivity index (χ3v) is 3.87. The van der Waals surface area contributed by atoms with Crippen molar-refractivity contribution in [2.24, 2.45) is 0 Å². The van der Waals surface area contributed by atoms with Gasteiger partial charge in [0.2, 0.25) is 5.16 Å². The van der Waals surface area contributed by atoms with Crippen molar-refractivity contribution in [3.63, 3.8) is 0 Å². The van der Waals surface area contributed by atoms with Gasteiger partial charge in [0.25, 0.3) is 0 Å². The van der Waals surface area contributed by atoms with E-state index in [1.807, 2.05) is 16.3 Å². The van der Waals surface area contributed by atoms with E-state index < -0.39 is 0 Å². The summed E-state index contributed by atoms with van der Waals surface area (Å²) in [5.41, 5.74) is 2.26. The molecule has 0 spiro atoms. The fraction of sp³-hybridized carbons (Fsp3) is 0.667. The second-order valence-electron chi connectivity index (χ2n) is 4.42. The third-order valence-electron chi connectivity index (χ3n) is 2.88. The van der Waals surface area contributed by atoms with Crippen molar-refractivity contribution in [3.05, 3.63) is 17.5 Å². The lowest BCUT2D eigenvalue weighted by molar-refractivity contribution is 0.517. The Kier molecular flexibility index (Phi) is 5.54. The zero-order valence-electron chi connectivity index (χ0n) is 12.2. The van der Waals surface area contributed by atoms with Crippen LogP contribution in [-0.2, 0) is 18.8 Å². The van der Waals surface area contributed by atoms with Crippen molar-refractivity contribution in [3.8, 4) is 0 Å². The highest BCUT2D eigenvalue weighted by atomic mass is 32.2. The lowest BCUT2D eigenvalue weighted by Crippen LogP contribution is -2.20. The molecule has 7 nitrogen and oxygen atoms in total. The Morgan fingerprint density at radius 1 is 1.30 bits per heavy atom. The first-order valence-electron chi connectivity index (χ1n) is 6.87. The van der Waals surface area contributed by atoms with Crippen LogP contribution in [0.25, 0.3) is 0 Å². The minimum absolute atomic E-state index is 0.787. The minimum Gasteiger partial charge on any atom is -0.315 e. The Bertz CT molecular complexity index is 534. The molecule has 0 bridgehead atoms. The van der Waals surface area contributed by atoms with Gasteiger partial charge in [-0.2, -0.15) is 5.10 Å². The van der Waals surface area contributed by atoms with E-state index in [0.717, 1.165) is 42.8 Å². The first-order valence-corrected chi connectivity index (χ1v) is 7.86. The summed E-state index contributed by atoms with van der Waals surface area (Å²) in [6, 6.07) is 2.11. The van der Waals surface area contributed by atoms with Crippen LogP contribution in [-0.4, -0.2) is 43.1 Å². The zero-order valence-corrected chi connectivity index (χ0v) is 13.0. The average Bonchev–Trinajstić information content (AvgIpc) is 3.03. The number of tetrazole rings is 1. The fourth-order valence-electron chi connectivity index (χ4n) is 1.93. The summed E-state index contributed by atoms with van der Waals surface area (Å²) in [5.74, 6) is 0.830. The normalized spacial score (nSPS) is 11.2. The first kappa shape index (κ1) is 15.0. The molecule has 0 amide bonds. The number of thioether (sulfide) groups is 1. The molecular formula is C12H21N7S. The largest absolute Gasteiger partial charge is 0.315 e. The first-order chi connectivity index (χ1) is 9.74. The molecule has 0 fully saturated rings. The van der Waals surface area contributed by atoms with E-state index in [1.165, 1.54) is 5.69 Å². The molecule has 0 aromatic carbocycles. The molecule has 110 valence electrons. The molecule has 2 rings (SSSR count). The predicted octanol–water partition coefficient (Wildman–Crippen LogP) is 1.10. The molecule has 1 N–H and O–H groups in total. The molecule has 0 aliphatic heterocycles. The summed E-state index contributed by atoms with van der Waals surface area (Å²) < 4.78 is 3.86. The number of aryl methyl sites for hydroxylation is 2. The van der Waals surface area contributed by atoms with Crippen LogP contribution in [0, 0.1) is 6.92 Å². The Hall–Kier alpha value is -1.41. The highest BCUT2D eigenvalue weighted by Crippen LogP contribution is 2.20. The summed E-state index contributed by atoms with van der Waals surface area (Å²) >= 11 is 1.65. The van der Waals surface area contributed by atoms with Crippen LogP contribution in [0.15, 0.2) is 11.2 Å². The number of nitrogens with one attached hydrogen (secondary N) is 1. The van der Waals surface area contributed by atoms with Crippen LogP contribution in [0.1, 0.15) is 25.2 Å². The van der Waals surface area contributed by atoms with Gasteiger partial charge >= 0.3 is 0 Å². The molecule has 0 atom stereocenters. The molecule has 2 heterocycles. The van der Waals surface area contributed by atoms with Gasteiger partial charge in [-0.25, -0.2) is 4.68 Å². The smallest absolute Gasteiger partial charge is 0.209 e. The summed E-state index contributed by atoms with van der Waals surface area (Å²) in [5, 5.41) is 20.4. The van der Waals surface area contributed by atoms with Gasteiger partial charge in [0, 0.05) is 24.5 Å². The summed E-state index contributed by atoms with van der Waals surface area (Å²) in [7, 11) is 0.